The molecule has 2 amide bonds. The van der Waals surface area contributed by atoms with Gasteiger partial charge in [-0.3, -0.25) is 9.59 Å². The summed E-state index contributed by atoms with van der Waals surface area (Å²) in [6, 6.07) is 7.86. The third-order valence-electron chi connectivity index (χ3n) is 6.12. The molecule has 3 atom stereocenters. The summed E-state index contributed by atoms with van der Waals surface area (Å²) in [6.45, 7) is 5.80. The van der Waals surface area contributed by atoms with Gasteiger partial charge in [0, 0.05) is 0 Å². The molecule has 3 N–H and O–H groups in total. The molecular weight excluding hydrogens is 420 g/mol. The van der Waals surface area contributed by atoms with Gasteiger partial charge in [0.15, 0.2) is 6.10 Å². The van der Waals surface area contributed by atoms with Crippen molar-refractivity contribution in [1.29, 1.82) is 0 Å². The van der Waals surface area contributed by atoms with Crippen molar-refractivity contribution in [3.05, 3.63) is 35.9 Å². The molecule has 33 heavy (non-hydrogen) atoms. The van der Waals surface area contributed by atoms with Crippen molar-refractivity contribution in [2.75, 3.05) is 6.61 Å². The number of ether oxygens (including phenoxy) is 1. The molecule has 0 saturated heterocycles. The molecule has 1 fully saturated rings. The Kier molecular flexibility index (Phi) is 11.4. The average molecular weight is 461 g/mol. The van der Waals surface area contributed by atoms with Crippen LogP contribution in [0.25, 0.3) is 0 Å². The fraction of sp³-hybridized carbons (Fsp3) is 0.654. The lowest BCUT2D eigenvalue weighted by Crippen LogP contribution is -2.55. The molecule has 7 heteroatoms. The van der Waals surface area contributed by atoms with E-state index in [0.717, 1.165) is 31.2 Å². The van der Waals surface area contributed by atoms with Gasteiger partial charge < -0.3 is 20.5 Å². The number of hydrogen-bond acceptors (Lipinski definition) is 5. The normalized spacial score (nSPS) is 17.1. The first-order chi connectivity index (χ1) is 15.8. The van der Waals surface area contributed by atoms with Crippen LogP contribution >= 0.6 is 0 Å². The predicted molar refractivity (Wildman–Crippen MR) is 127 cm³/mol. The summed E-state index contributed by atoms with van der Waals surface area (Å²) in [7, 11) is 0. The monoisotopic (exact) mass is 460 g/mol. The van der Waals surface area contributed by atoms with Crippen molar-refractivity contribution in [1.82, 2.24) is 10.6 Å². The highest BCUT2D eigenvalue weighted by molar-refractivity contribution is 5.89. The lowest BCUT2D eigenvalue weighted by molar-refractivity contribution is -0.155. The number of aliphatic hydroxyl groups excluding tert-OH is 1. The van der Waals surface area contributed by atoms with Crippen molar-refractivity contribution in [2.45, 2.75) is 90.3 Å². The second-order valence-corrected chi connectivity index (χ2v) is 9.46. The fourth-order valence-electron chi connectivity index (χ4n) is 4.45. The van der Waals surface area contributed by atoms with E-state index < -0.39 is 24.2 Å². The van der Waals surface area contributed by atoms with Crippen LogP contribution in [0.4, 0.5) is 0 Å². The Labute approximate surface area is 197 Å². The maximum absolute atomic E-state index is 13.2. The van der Waals surface area contributed by atoms with E-state index >= 15 is 0 Å². The molecule has 1 aromatic carbocycles. The average Bonchev–Trinajstić information content (AvgIpc) is 2.78. The third kappa shape index (κ3) is 9.54. The smallest absolute Gasteiger partial charge is 0.337 e. The number of rotatable bonds is 12. The van der Waals surface area contributed by atoms with Crippen molar-refractivity contribution in [3.63, 3.8) is 0 Å². The van der Waals surface area contributed by atoms with E-state index in [0.29, 0.717) is 18.8 Å². The summed E-state index contributed by atoms with van der Waals surface area (Å²) in [5, 5.41) is 16.4. The van der Waals surface area contributed by atoms with Gasteiger partial charge in [0.05, 0.1) is 19.1 Å². The van der Waals surface area contributed by atoms with E-state index in [1.54, 1.807) is 6.92 Å². The minimum atomic E-state index is -1.43. The van der Waals surface area contributed by atoms with Gasteiger partial charge in [-0.25, -0.2) is 4.79 Å². The Morgan fingerprint density at radius 1 is 1.06 bits per heavy atom. The molecular formula is C26H40N2O5. The zero-order valence-electron chi connectivity index (χ0n) is 20.2. The molecule has 1 aromatic rings. The Hall–Kier alpha value is -2.41. The van der Waals surface area contributed by atoms with Gasteiger partial charge >= 0.3 is 5.97 Å². The molecule has 0 bridgehead atoms. The fourth-order valence-corrected chi connectivity index (χ4v) is 4.45. The topological polar surface area (TPSA) is 105 Å². The van der Waals surface area contributed by atoms with Gasteiger partial charge in [-0.1, -0.05) is 76.3 Å². The molecule has 0 aromatic heterocycles. The van der Waals surface area contributed by atoms with Gasteiger partial charge in [0.1, 0.15) is 6.04 Å². The van der Waals surface area contributed by atoms with E-state index in [1.807, 2.05) is 44.2 Å². The lowest BCUT2D eigenvalue weighted by Gasteiger charge is -2.31. The standard InChI is InChI=1S/C26H40N2O5/c1-4-33-26(32)24(30)21(16-19-11-7-5-8-12-19)28-25(31)22(15-18(2)3)27-23(29)17-20-13-9-6-10-14-20/h6,9-10,13-14,18-19,21-22,24,30H,4-5,7-8,11-12,15-17H2,1-3H3,(H,27,29)(H,28,31)/t21-,22-,24+/m0/s1. The number of aliphatic hydroxyl groups is 1. The number of benzene rings is 1. The molecule has 1 aliphatic carbocycles. The minimum Gasteiger partial charge on any atom is -0.464 e. The first kappa shape index (κ1) is 26.8. The number of nitrogens with one attached hydrogen (secondary N) is 2. The van der Waals surface area contributed by atoms with Crippen LogP contribution in [0, 0.1) is 11.8 Å². The first-order valence-electron chi connectivity index (χ1n) is 12.3. The van der Waals surface area contributed by atoms with E-state index in [4.69, 9.17) is 4.74 Å². The summed E-state index contributed by atoms with van der Waals surface area (Å²) in [5.41, 5.74) is 0.867. The Bertz CT molecular complexity index is 746. The molecule has 184 valence electrons. The maximum Gasteiger partial charge on any atom is 0.337 e. The van der Waals surface area contributed by atoms with Gasteiger partial charge in [-0.15, -0.1) is 0 Å². The van der Waals surface area contributed by atoms with E-state index in [2.05, 4.69) is 10.6 Å². The molecule has 7 nitrogen and oxygen atoms in total. The Balaban J connectivity index is 2.09. The molecule has 1 saturated carbocycles. The van der Waals surface area contributed by atoms with Gasteiger partial charge in [0.25, 0.3) is 0 Å². The first-order valence-corrected chi connectivity index (χ1v) is 12.3. The van der Waals surface area contributed by atoms with Gasteiger partial charge in [-0.2, -0.15) is 0 Å². The van der Waals surface area contributed by atoms with Crippen molar-refractivity contribution < 1.29 is 24.2 Å². The predicted octanol–water partition coefficient (Wildman–Crippen LogP) is 3.14. The number of carbonyl (C=O) groups excluding carboxylic acids is 3. The highest BCUT2D eigenvalue weighted by Crippen LogP contribution is 2.28. The largest absolute Gasteiger partial charge is 0.464 e. The van der Waals surface area contributed by atoms with Crippen molar-refractivity contribution >= 4 is 17.8 Å². The van der Waals surface area contributed by atoms with Crippen LogP contribution in [0.5, 0.6) is 0 Å². The zero-order chi connectivity index (χ0) is 24.2. The summed E-state index contributed by atoms with van der Waals surface area (Å²) in [5.74, 6) is -0.841. The SMILES string of the molecule is CCOC(=O)[C@H](O)[C@H](CC1CCCCC1)NC(=O)[C@H](CC(C)C)NC(=O)Cc1ccccc1. The number of carbonyl (C=O) groups is 3. The molecule has 0 heterocycles. The van der Waals surface area contributed by atoms with Crippen molar-refractivity contribution in [3.8, 4) is 0 Å². The van der Waals surface area contributed by atoms with Crippen LogP contribution in [0.3, 0.4) is 0 Å². The summed E-state index contributed by atoms with van der Waals surface area (Å²) >= 11 is 0. The summed E-state index contributed by atoms with van der Waals surface area (Å²) in [4.78, 5) is 38.1. The highest BCUT2D eigenvalue weighted by Gasteiger charge is 2.33. The molecule has 0 aliphatic heterocycles. The molecule has 2 rings (SSSR count). The van der Waals surface area contributed by atoms with Crippen LogP contribution < -0.4 is 10.6 Å². The molecule has 0 spiro atoms. The highest BCUT2D eigenvalue weighted by atomic mass is 16.5. The van der Waals surface area contributed by atoms with Crippen molar-refractivity contribution in [2.24, 2.45) is 11.8 Å². The van der Waals surface area contributed by atoms with Crippen LogP contribution in [0.1, 0.15) is 71.3 Å². The van der Waals surface area contributed by atoms with Crippen LogP contribution in [-0.4, -0.2) is 47.7 Å². The number of esters is 1. The summed E-state index contributed by atoms with van der Waals surface area (Å²) in [6.07, 6.45) is 5.18. The number of amides is 2. The van der Waals surface area contributed by atoms with Crippen LogP contribution in [0.2, 0.25) is 0 Å². The van der Waals surface area contributed by atoms with E-state index in [9.17, 15) is 19.5 Å². The number of hydrogen-bond donors (Lipinski definition) is 3. The second-order valence-electron chi connectivity index (χ2n) is 9.46. The van der Waals surface area contributed by atoms with Crippen LogP contribution in [-0.2, 0) is 25.5 Å². The Morgan fingerprint density at radius 2 is 1.73 bits per heavy atom. The van der Waals surface area contributed by atoms with Gasteiger partial charge in [-0.05, 0) is 37.2 Å². The van der Waals surface area contributed by atoms with E-state index in [1.165, 1.54) is 6.42 Å². The van der Waals surface area contributed by atoms with Gasteiger partial charge in [0.2, 0.25) is 11.8 Å². The molecule has 0 radical (unpaired) electrons. The van der Waals surface area contributed by atoms with E-state index in [-0.39, 0.29) is 30.8 Å². The summed E-state index contributed by atoms with van der Waals surface area (Å²) < 4.78 is 5.00. The molecule has 1 aliphatic rings. The quantitative estimate of drug-likeness (QED) is 0.416. The maximum atomic E-state index is 13.2. The van der Waals surface area contributed by atoms with Crippen LogP contribution in [0.15, 0.2) is 30.3 Å². The zero-order valence-corrected chi connectivity index (χ0v) is 20.2. The third-order valence-corrected chi connectivity index (χ3v) is 6.12. The molecule has 0 unspecified atom stereocenters. The minimum absolute atomic E-state index is 0.158. The lowest BCUT2D eigenvalue weighted by atomic mass is 9.83. The second kappa shape index (κ2) is 14.0. The Morgan fingerprint density at radius 3 is 2.33 bits per heavy atom.